The molecule has 0 amide bonds. The Morgan fingerprint density at radius 2 is 1.58 bits per heavy atom. The molecule has 0 unspecified atom stereocenters. The number of benzene rings is 3. The van der Waals surface area contributed by atoms with Gasteiger partial charge in [0.05, 0.1) is 45.2 Å². The first-order valence-corrected chi connectivity index (χ1v) is 15.6. The van der Waals surface area contributed by atoms with Gasteiger partial charge in [0.25, 0.3) is 0 Å². The zero-order chi connectivity index (χ0) is 36.0. The van der Waals surface area contributed by atoms with Crippen LogP contribution in [0.4, 0.5) is 26.3 Å². The molecule has 0 N–H and O–H groups in total. The fourth-order valence-corrected chi connectivity index (χ4v) is 5.49. The van der Waals surface area contributed by atoms with Crippen LogP contribution < -0.4 is 14.6 Å². The van der Waals surface area contributed by atoms with E-state index in [9.17, 15) is 17.6 Å². The molecule has 1 heterocycles. The van der Waals surface area contributed by atoms with Crippen LogP contribution in [0, 0.1) is 17.5 Å². The molecule has 4 rings (SSSR count). The van der Waals surface area contributed by atoms with E-state index in [2.05, 4.69) is 4.98 Å². The fourth-order valence-electron chi connectivity index (χ4n) is 4.29. The second kappa shape index (κ2) is 15.6. The number of hydrogen-bond donors (Lipinski definition) is 0. The first-order chi connectivity index (χ1) is 22.2. The minimum absolute atomic E-state index is 0.0102. The van der Waals surface area contributed by atoms with Crippen molar-refractivity contribution in [3.63, 3.8) is 0 Å². The van der Waals surface area contributed by atoms with Gasteiger partial charge in [0.15, 0.2) is 5.16 Å². The maximum Gasteiger partial charge on any atom is 0.430 e. The van der Waals surface area contributed by atoms with Crippen LogP contribution >= 0.6 is 23.4 Å². The van der Waals surface area contributed by atoms with Crippen LogP contribution in [0.2, 0.25) is 5.02 Å². The number of nitrogens with zero attached hydrogens (tertiary/aromatic N) is 3. The molecule has 3 aromatic carbocycles. The third-order valence-corrected chi connectivity index (χ3v) is 8.34. The lowest BCUT2D eigenvalue weighted by Gasteiger charge is -2.28. The number of methoxy groups -OCH3 is 1. The predicted octanol–water partition coefficient (Wildman–Crippen LogP) is 6.95. The van der Waals surface area contributed by atoms with Crippen molar-refractivity contribution < 1.29 is 50.2 Å². The molecule has 0 atom stereocenters. The van der Waals surface area contributed by atoms with Crippen molar-refractivity contribution in [3.8, 4) is 17.2 Å². The Bertz CT molecular complexity index is 1700. The van der Waals surface area contributed by atoms with Gasteiger partial charge in [0.2, 0.25) is 0 Å². The summed E-state index contributed by atoms with van der Waals surface area (Å²) in [5.74, 6) is -4.08. The van der Waals surface area contributed by atoms with E-state index < -0.39 is 29.2 Å². The molecule has 15 heteroatoms. The number of carbonyl (C=O) groups excluding carboxylic acids is 1. The van der Waals surface area contributed by atoms with Gasteiger partial charge < -0.3 is 23.9 Å². The lowest BCUT2D eigenvalue weighted by atomic mass is 9.81. The minimum atomic E-state index is -5.19. The molecule has 7 nitrogen and oxygen atoms in total. The highest BCUT2D eigenvalue weighted by molar-refractivity contribution is 7.98. The summed E-state index contributed by atoms with van der Waals surface area (Å²) in [5, 5.41) is 9.78. The Hall–Kier alpha value is -3.88. The first-order valence-electron chi connectivity index (χ1n) is 14.2. The Balaban J connectivity index is 0.000000804. The van der Waals surface area contributed by atoms with Gasteiger partial charge >= 0.3 is 6.18 Å². The van der Waals surface area contributed by atoms with Gasteiger partial charge in [-0.25, -0.2) is 18.2 Å². The van der Waals surface area contributed by atoms with Gasteiger partial charge in [0, 0.05) is 34.6 Å². The number of aromatic nitrogens is 2. The SMILES string of the molecule is COc1cc(C(C)(C)c2cnc(SCc3c(F)cc(OCC[N+](C)(C)C)cc3F)n2-c2ccc(F)cc2)ccc1Cl.O=C([O-])C(F)(F)F. The molecule has 0 saturated carbocycles. The van der Waals surface area contributed by atoms with Crippen LogP contribution in [0.1, 0.15) is 30.7 Å². The van der Waals surface area contributed by atoms with Gasteiger partial charge in [0.1, 0.15) is 48.1 Å². The predicted molar refractivity (Wildman–Crippen MR) is 169 cm³/mol. The molecule has 0 aliphatic carbocycles. The summed E-state index contributed by atoms with van der Waals surface area (Å²) >= 11 is 7.45. The van der Waals surface area contributed by atoms with E-state index in [1.165, 1.54) is 36.0 Å². The van der Waals surface area contributed by atoms with Crippen LogP contribution in [0.15, 0.2) is 66.0 Å². The van der Waals surface area contributed by atoms with Crippen molar-refractivity contribution in [1.82, 2.24) is 9.55 Å². The number of likely N-dealkylation sites (N-methyl/N-ethyl adjacent to an activating group) is 1. The summed E-state index contributed by atoms with van der Waals surface area (Å²) in [6.45, 7) is 5.08. The number of quaternary nitrogens is 1. The quantitative estimate of drug-likeness (QED) is 0.0950. The van der Waals surface area contributed by atoms with Crippen molar-refractivity contribution >= 4 is 29.3 Å². The van der Waals surface area contributed by atoms with Crippen molar-refractivity contribution in [1.29, 1.82) is 0 Å². The minimum Gasteiger partial charge on any atom is -0.542 e. The van der Waals surface area contributed by atoms with E-state index in [4.69, 9.17) is 31.0 Å². The fraction of sp³-hybridized carbons (Fsp3) is 0.333. The van der Waals surface area contributed by atoms with E-state index in [0.29, 0.717) is 39.3 Å². The lowest BCUT2D eigenvalue weighted by molar-refractivity contribution is -0.870. The Morgan fingerprint density at radius 3 is 2.10 bits per heavy atom. The summed E-state index contributed by atoms with van der Waals surface area (Å²) in [5.41, 5.74) is 1.69. The monoisotopic (exact) mass is 717 g/mol. The second-order valence-corrected chi connectivity index (χ2v) is 13.4. The van der Waals surface area contributed by atoms with Crippen LogP contribution in [0.5, 0.6) is 11.5 Å². The molecular weight excluding hydrogens is 684 g/mol. The Kier molecular flexibility index (Phi) is 12.5. The highest BCUT2D eigenvalue weighted by Crippen LogP contribution is 2.39. The molecule has 0 aliphatic heterocycles. The molecule has 0 bridgehead atoms. The van der Waals surface area contributed by atoms with Crippen LogP contribution in [0.25, 0.3) is 5.69 Å². The van der Waals surface area contributed by atoms with E-state index in [1.807, 2.05) is 51.7 Å². The maximum absolute atomic E-state index is 15.0. The number of ether oxygens (including phenoxy) is 2. The Morgan fingerprint density at radius 1 is 1.00 bits per heavy atom. The largest absolute Gasteiger partial charge is 0.542 e. The number of imidazole rings is 1. The van der Waals surface area contributed by atoms with Crippen molar-refractivity contribution in [2.75, 3.05) is 41.4 Å². The average Bonchev–Trinajstić information content (AvgIpc) is 3.41. The normalized spacial score (nSPS) is 11.9. The van der Waals surface area contributed by atoms with Crippen molar-refractivity contribution in [2.45, 2.75) is 36.3 Å². The molecule has 4 aromatic rings. The van der Waals surface area contributed by atoms with Crippen LogP contribution in [-0.2, 0) is 16.0 Å². The number of thioether (sulfide) groups is 1. The second-order valence-electron chi connectivity index (χ2n) is 12.0. The number of carboxylic acids is 1. The zero-order valence-electron chi connectivity index (χ0n) is 26.9. The molecular formula is C33H34ClF6N3O4S. The van der Waals surface area contributed by atoms with Crippen LogP contribution in [0.3, 0.4) is 0 Å². The average molecular weight is 718 g/mol. The van der Waals surface area contributed by atoms with Gasteiger partial charge in [-0.05, 0) is 42.0 Å². The van der Waals surface area contributed by atoms with Gasteiger partial charge in [-0.2, -0.15) is 13.2 Å². The van der Waals surface area contributed by atoms with E-state index in [0.717, 1.165) is 11.3 Å². The number of rotatable bonds is 11. The summed E-state index contributed by atoms with van der Waals surface area (Å²) < 4.78 is 89.0. The summed E-state index contributed by atoms with van der Waals surface area (Å²) in [4.78, 5) is 13.4. The number of alkyl halides is 3. The molecule has 260 valence electrons. The van der Waals surface area contributed by atoms with Gasteiger partial charge in [-0.15, -0.1) is 0 Å². The molecule has 0 saturated heterocycles. The zero-order valence-corrected chi connectivity index (χ0v) is 28.5. The van der Waals surface area contributed by atoms with Crippen molar-refractivity contribution in [2.24, 2.45) is 0 Å². The Labute approximate surface area is 283 Å². The third-order valence-electron chi connectivity index (χ3n) is 7.05. The van der Waals surface area contributed by atoms with E-state index in [-0.39, 0.29) is 22.9 Å². The lowest BCUT2D eigenvalue weighted by Crippen LogP contribution is -2.38. The number of aliphatic carboxylic acids is 1. The molecule has 0 fully saturated rings. The first kappa shape index (κ1) is 38.6. The molecule has 0 spiro atoms. The number of carboxylic acid groups (broad SMARTS) is 1. The molecule has 1 aromatic heterocycles. The third kappa shape index (κ3) is 10.1. The topological polar surface area (TPSA) is 76.4 Å². The number of carbonyl (C=O) groups is 1. The van der Waals surface area contributed by atoms with Gasteiger partial charge in [-0.1, -0.05) is 43.3 Å². The molecule has 0 radical (unpaired) electrons. The summed E-state index contributed by atoms with van der Waals surface area (Å²) in [7, 11) is 7.59. The van der Waals surface area contributed by atoms with E-state index in [1.54, 1.807) is 31.5 Å². The maximum atomic E-state index is 15.0. The molecule has 48 heavy (non-hydrogen) atoms. The standard InChI is InChI=1S/C31H34ClF3N3O2S.C2HF3O2/c1-31(2,20-7-12-25(32)28(15-20)39-6)29-18-36-30(37(29)22-10-8-21(33)9-11-22)41-19-24-26(34)16-23(17-27(24)35)40-14-13-38(3,4)5;3-2(4,5)1(6)7/h7-12,15-18H,13-14,19H2,1-6H3;(H,6,7)/q+1;/p-1. The highest BCUT2D eigenvalue weighted by Gasteiger charge is 2.31. The number of halogens is 7. The molecule has 0 aliphatic rings. The summed E-state index contributed by atoms with van der Waals surface area (Å²) in [6.07, 6.45) is -3.47. The smallest absolute Gasteiger partial charge is 0.430 e. The van der Waals surface area contributed by atoms with E-state index >= 15 is 8.78 Å². The van der Waals surface area contributed by atoms with Crippen LogP contribution in [-0.4, -0.2) is 67.6 Å². The van der Waals surface area contributed by atoms with Gasteiger partial charge in [-0.3, -0.25) is 4.57 Å². The highest BCUT2D eigenvalue weighted by atomic mass is 35.5. The summed E-state index contributed by atoms with van der Waals surface area (Å²) in [6, 6.07) is 14.0. The van der Waals surface area contributed by atoms with Crippen molar-refractivity contribution in [3.05, 3.63) is 100 Å². The number of hydrogen-bond acceptors (Lipinski definition) is 6.